The molecule has 0 bridgehead atoms. The summed E-state index contributed by atoms with van der Waals surface area (Å²) in [6.45, 7) is 6.07. The van der Waals surface area contributed by atoms with Gasteiger partial charge in [0.2, 0.25) is 6.41 Å². The highest BCUT2D eigenvalue weighted by Crippen LogP contribution is 2.29. The number of para-hydroxylation sites is 1. The zero-order chi connectivity index (χ0) is 30.5. The molecule has 1 saturated heterocycles. The average Bonchev–Trinajstić information content (AvgIpc) is 3.73. The zero-order valence-electron chi connectivity index (χ0n) is 24.8. The number of hydrogen-bond donors (Lipinski definition) is 2. The Hall–Kier alpha value is -4.39. The molecule has 5 rings (SSSR count). The van der Waals surface area contributed by atoms with E-state index in [0.717, 1.165) is 53.9 Å². The minimum Gasteiger partial charge on any atom is -0.385 e. The van der Waals surface area contributed by atoms with Gasteiger partial charge in [0, 0.05) is 51.7 Å². The third kappa shape index (κ3) is 12.1. The third-order valence-electron chi connectivity index (χ3n) is 5.93. The molecule has 0 saturated carbocycles. The Balaban J connectivity index is 0.000000332. The fourth-order valence-corrected chi connectivity index (χ4v) is 4.08. The molecule has 1 aliphatic rings. The van der Waals surface area contributed by atoms with Crippen molar-refractivity contribution in [3.63, 3.8) is 0 Å². The highest BCUT2D eigenvalue weighted by molar-refractivity contribution is 5.69. The Morgan fingerprint density at radius 3 is 2.12 bits per heavy atom. The summed E-state index contributed by atoms with van der Waals surface area (Å²) in [6, 6.07) is 22.1. The van der Waals surface area contributed by atoms with Crippen LogP contribution >= 0.6 is 0 Å². The van der Waals surface area contributed by atoms with Crippen LogP contribution in [0.5, 0.6) is 0 Å². The Morgan fingerprint density at radius 2 is 1.68 bits per heavy atom. The van der Waals surface area contributed by atoms with Gasteiger partial charge < -0.3 is 20.5 Å². The van der Waals surface area contributed by atoms with Crippen molar-refractivity contribution in [3.8, 4) is 29.8 Å². The Morgan fingerprint density at radius 1 is 1.12 bits per heavy atom. The number of methoxy groups -OCH3 is 1. The summed E-state index contributed by atoms with van der Waals surface area (Å²) in [5.74, 6) is 1.75. The van der Waals surface area contributed by atoms with Gasteiger partial charge in [0.15, 0.2) is 0 Å². The van der Waals surface area contributed by atoms with Crippen LogP contribution in [-0.2, 0) is 21.3 Å². The summed E-state index contributed by atoms with van der Waals surface area (Å²) in [6.07, 6.45) is 14.8. The second kappa shape index (κ2) is 20.5. The predicted molar refractivity (Wildman–Crippen MR) is 167 cm³/mol. The maximum absolute atomic E-state index is 8.58. The number of benzene rings is 2. The molecule has 0 spiro atoms. The summed E-state index contributed by atoms with van der Waals surface area (Å²) in [4.78, 5) is 8.58. The number of aryl methyl sites for hydroxylation is 1. The second-order valence-corrected chi connectivity index (χ2v) is 9.09. The first-order valence-electron chi connectivity index (χ1n) is 13.4. The van der Waals surface area contributed by atoms with E-state index >= 15 is 0 Å². The molecule has 9 nitrogen and oxygen atoms in total. The molecule has 1 unspecified atom stereocenters. The molecule has 0 aliphatic carbocycles. The third-order valence-corrected chi connectivity index (χ3v) is 5.93. The van der Waals surface area contributed by atoms with E-state index in [4.69, 9.17) is 19.4 Å². The van der Waals surface area contributed by atoms with Crippen LogP contribution in [-0.4, -0.2) is 59.4 Å². The molecule has 4 aromatic rings. The number of terminal acetylenes is 1. The summed E-state index contributed by atoms with van der Waals surface area (Å²) < 4.78 is 14.2. The van der Waals surface area contributed by atoms with Crippen molar-refractivity contribution in [1.29, 1.82) is 0 Å². The van der Waals surface area contributed by atoms with Crippen LogP contribution in [0.4, 0.5) is 5.82 Å². The van der Waals surface area contributed by atoms with E-state index in [-0.39, 0.29) is 6.41 Å². The highest BCUT2D eigenvalue weighted by Gasteiger charge is 2.21. The largest absolute Gasteiger partial charge is 0.385 e. The van der Waals surface area contributed by atoms with Crippen LogP contribution in [0, 0.1) is 25.7 Å². The number of aromatic nitrogens is 4. The molecule has 3 N–H and O–H groups in total. The minimum atomic E-state index is 0.250. The smallest absolute Gasteiger partial charge is 0.204 e. The second-order valence-electron chi connectivity index (χ2n) is 9.09. The van der Waals surface area contributed by atoms with E-state index in [2.05, 4.69) is 42.8 Å². The van der Waals surface area contributed by atoms with E-state index in [1.807, 2.05) is 97.9 Å². The first-order chi connectivity index (χ1) is 19.9. The van der Waals surface area contributed by atoms with E-state index in [1.54, 1.807) is 11.8 Å². The van der Waals surface area contributed by atoms with Crippen molar-refractivity contribution in [2.75, 3.05) is 32.7 Å². The van der Waals surface area contributed by atoms with Crippen molar-refractivity contribution in [2.24, 2.45) is 18.7 Å². The van der Waals surface area contributed by atoms with Gasteiger partial charge >= 0.3 is 0 Å². The number of nitrogens with one attached hydrogen (secondary N) is 1. The Bertz CT molecular complexity index is 1210. The standard InChI is InChI=1S/C15H17N5.C8H16O2.C6H6.C2H2.CH3NO/c1-11-14(12-9-17-19(3)10-12)18-20(15(11)16-2)13-7-5-4-6-8-13;1-7-5-8(10-6-7)3-4-9-2;1-2-4-6-5-3-1;1-2;2-1-3/h4-10,16H,1-3H3;7-8H,3-6H2,1-2H3;1-6H;1-2H;1H,(H2,2,3)/t;7-,8?;;;/m.1.../s1. The number of ether oxygens (including phenoxy) is 2. The van der Waals surface area contributed by atoms with Crippen molar-refractivity contribution >= 4 is 12.2 Å². The van der Waals surface area contributed by atoms with Crippen LogP contribution in [0.15, 0.2) is 79.1 Å². The number of amides is 1. The molecule has 0 radical (unpaired) electrons. The van der Waals surface area contributed by atoms with Crippen LogP contribution < -0.4 is 11.1 Å². The van der Waals surface area contributed by atoms with E-state index in [9.17, 15) is 0 Å². The molecule has 220 valence electrons. The number of carbonyl (C=O) groups excluding carboxylic acids is 1. The maximum Gasteiger partial charge on any atom is 0.204 e. The van der Waals surface area contributed by atoms with Crippen LogP contribution in [0.1, 0.15) is 25.3 Å². The normalized spacial score (nSPS) is 14.8. The summed E-state index contributed by atoms with van der Waals surface area (Å²) >= 11 is 0. The molecule has 2 atom stereocenters. The topological polar surface area (TPSA) is 109 Å². The number of primary amides is 1. The van der Waals surface area contributed by atoms with Gasteiger partial charge in [0.05, 0.1) is 18.0 Å². The number of anilines is 1. The monoisotopic (exact) mass is 560 g/mol. The van der Waals surface area contributed by atoms with E-state index < -0.39 is 0 Å². The minimum absolute atomic E-state index is 0.250. The quantitative estimate of drug-likeness (QED) is 0.251. The van der Waals surface area contributed by atoms with Gasteiger partial charge in [-0.1, -0.05) is 61.5 Å². The molecule has 2 aromatic carbocycles. The highest BCUT2D eigenvalue weighted by atomic mass is 16.5. The molecule has 9 heteroatoms. The lowest BCUT2D eigenvalue weighted by molar-refractivity contribution is -0.106. The van der Waals surface area contributed by atoms with Crippen LogP contribution in [0.25, 0.3) is 16.9 Å². The number of rotatable bonds is 6. The summed E-state index contributed by atoms with van der Waals surface area (Å²) in [5, 5.41) is 12.2. The van der Waals surface area contributed by atoms with E-state index in [1.165, 1.54) is 6.42 Å². The van der Waals surface area contributed by atoms with Crippen molar-refractivity contribution in [1.82, 2.24) is 19.6 Å². The molecule has 1 fully saturated rings. The number of nitrogens with zero attached hydrogens (tertiary/aromatic N) is 4. The van der Waals surface area contributed by atoms with Gasteiger partial charge in [-0.15, -0.1) is 12.8 Å². The zero-order valence-corrected chi connectivity index (χ0v) is 24.8. The molecule has 2 aromatic heterocycles. The van der Waals surface area contributed by atoms with Crippen molar-refractivity contribution in [3.05, 3.63) is 84.7 Å². The van der Waals surface area contributed by atoms with E-state index in [0.29, 0.717) is 6.10 Å². The predicted octanol–water partition coefficient (Wildman–Crippen LogP) is 5.11. The number of carbonyl (C=O) groups is 1. The fraction of sp³-hybridized carbons (Fsp3) is 0.344. The number of hydrogen-bond acceptors (Lipinski definition) is 6. The molecular formula is C32H44N6O3. The molecule has 1 aliphatic heterocycles. The van der Waals surface area contributed by atoms with Gasteiger partial charge in [0.25, 0.3) is 0 Å². The molecule has 1 amide bonds. The van der Waals surface area contributed by atoms with Crippen LogP contribution in [0.2, 0.25) is 0 Å². The van der Waals surface area contributed by atoms with Gasteiger partial charge in [-0.25, -0.2) is 4.68 Å². The molecule has 3 heterocycles. The first kappa shape index (κ1) is 34.6. The molecule has 41 heavy (non-hydrogen) atoms. The van der Waals surface area contributed by atoms with Gasteiger partial charge in [-0.3, -0.25) is 9.48 Å². The van der Waals surface area contributed by atoms with Crippen molar-refractivity contribution < 1.29 is 14.3 Å². The number of nitrogens with two attached hydrogens (primary N) is 1. The lowest BCUT2D eigenvalue weighted by Crippen LogP contribution is -2.07. The lowest BCUT2D eigenvalue weighted by Gasteiger charge is -2.06. The maximum atomic E-state index is 8.58. The summed E-state index contributed by atoms with van der Waals surface area (Å²) in [5.41, 5.74) is 8.29. The van der Waals surface area contributed by atoms with Gasteiger partial charge in [-0.2, -0.15) is 10.2 Å². The van der Waals surface area contributed by atoms with Gasteiger partial charge in [-0.05, 0) is 37.8 Å². The average molecular weight is 561 g/mol. The Kier molecular flexibility index (Phi) is 17.3. The SMILES string of the molecule is C#C.CNc1c(C)c(-c2cnn(C)c2)nn1-c1ccccc1.COCCC1C[C@@H](C)CO1.NC=O.c1ccccc1. The molecular weight excluding hydrogens is 516 g/mol. The Labute approximate surface area is 244 Å². The van der Waals surface area contributed by atoms with Crippen LogP contribution in [0.3, 0.4) is 0 Å². The van der Waals surface area contributed by atoms with Crippen molar-refractivity contribution in [2.45, 2.75) is 32.8 Å². The van der Waals surface area contributed by atoms with Gasteiger partial charge in [0.1, 0.15) is 11.5 Å². The summed E-state index contributed by atoms with van der Waals surface area (Å²) in [7, 11) is 5.56. The first-order valence-corrected chi connectivity index (χ1v) is 13.4. The fourth-order valence-electron chi connectivity index (χ4n) is 4.08. The lowest BCUT2D eigenvalue weighted by atomic mass is 10.1.